The number of rotatable bonds is 1. The second-order valence-electron chi connectivity index (χ2n) is 3.89. The Kier molecular flexibility index (Phi) is 2.22. The van der Waals surface area contributed by atoms with Gasteiger partial charge in [0.25, 0.3) is 5.91 Å². The number of fused-ring (bicyclic) bond motifs is 1. The van der Waals surface area contributed by atoms with Crippen molar-refractivity contribution in [1.82, 2.24) is 15.3 Å². The fraction of sp³-hybridized carbons (Fsp3) is 0.273. The predicted octanol–water partition coefficient (Wildman–Crippen LogP) is 0.134. The maximum atomic E-state index is 11.7. The Morgan fingerprint density at radius 2 is 2.24 bits per heavy atom. The molecule has 1 N–H and O–H groups in total. The van der Waals surface area contributed by atoms with Crippen molar-refractivity contribution in [1.29, 1.82) is 0 Å². The molecule has 1 aromatic rings. The molecule has 6 heteroatoms. The number of ether oxygens (including phenoxy) is 1. The highest BCUT2D eigenvalue weighted by atomic mass is 16.5. The molecule has 1 saturated heterocycles. The number of nitrogens with zero attached hydrogens (tertiary/aromatic N) is 3. The van der Waals surface area contributed by atoms with Gasteiger partial charge in [-0.15, -0.1) is 0 Å². The van der Waals surface area contributed by atoms with Gasteiger partial charge in [0, 0.05) is 24.5 Å². The number of carbonyl (C=O) groups excluding carboxylic acids is 1. The third-order valence-corrected chi connectivity index (χ3v) is 2.62. The van der Waals surface area contributed by atoms with E-state index in [1.54, 1.807) is 12.4 Å². The second-order valence-corrected chi connectivity index (χ2v) is 3.89. The van der Waals surface area contributed by atoms with Gasteiger partial charge in [0.15, 0.2) is 11.9 Å². The van der Waals surface area contributed by atoms with Crippen molar-refractivity contribution in [2.45, 2.75) is 12.5 Å². The van der Waals surface area contributed by atoms with E-state index in [4.69, 9.17) is 4.74 Å². The van der Waals surface area contributed by atoms with Crippen LogP contribution in [0.4, 0.5) is 5.82 Å². The number of aromatic nitrogens is 2. The van der Waals surface area contributed by atoms with E-state index < -0.39 is 6.10 Å². The third kappa shape index (κ3) is 1.72. The fourth-order valence-corrected chi connectivity index (χ4v) is 1.86. The molecule has 0 radical (unpaired) electrons. The predicted molar refractivity (Wildman–Crippen MR) is 59.9 cm³/mol. The largest absolute Gasteiger partial charge is 0.356 e. The van der Waals surface area contributed by atoms with E-state index >= 15 is 0 Å². The van der Waals surface area contributed by atoms with E-state index in [1.807, 2.05) is 0 Å². The van der Waals surface area contributed by atoms with E-state index in [0.717, 1.165) is 5.69 Å². The third-order valence-electron chi connectivity index (χ3n) is 2.62. The number of hydrogen-bond acceptors (Lipinski definition) is 5. The molecule has 3 rings (SSSR count). The van der Waals surface area contributed by atoms with Crippen LogP contribution in [0.3, 0.4) is 0 Å². The molecule has 1 aromatic heterocycles. The molecule has 0 spiro atoms. The zero-order chi connectivity index (χ0) is 11.8. The minimum atomic E-state index is -0.656. The molecular weight excluding hydrogens is 220 g/mol. The Bertz CT molecular complexity index is 538. The molecule has 0 bridgehead atoms. The normalized spacial score (nSPS) is 23.1. The summed E-state index contributed by atoms with van der Waals surface area (Å²) in [4.78, 5) is 24.3. The van der Waals surface area contributed by atoms with Crippen LogP contribution in [0.25, 0.3) is 0 Å². The van der Waals surface area contributed by atoms with E-state index in [0.29, 0.717) is 30.3 Å². The summed E-state index contributed by atoms with van der Waals surface area (Å²) in [5.41, 5.74) is 2.00. The lowest BCUT2D eigenvalue weighted by Gasteiger charge is -2.23. The van der Waals surface area contributed by atoms with Gasteiger partial charge in [-0.2, -0.15) is 0 Å². The van der Waals surface area contributed by atoms with Gasteiger partial charge in [0.05, 0.1) is 18.0 Å². The Labute approximate surface area is 97.4 Å². The summed E-state index contributed by atoms with van der Waals surface area (Å²) in [7, 11) is 0. The van der Waals surface area contributed by atoms with E-state index in [9.17, 15) is 4.79 Å². The monoisotopic (exact) mass is 230 g/mol. The maximum Gasteiger partial charge on any atom is 0.259 e. The van der Waals surface area contributed by atoms with Crippen molar-refractivity contribution in [3.8, 4) is 0 Å². The van der Waals surface area contributed by atoms with Crippen molar-refractivity contribution >= 4 is 17.4 Å². The van der Waals surface area contributed by atoms with E-state index in [2.05, 4.69) is 26.9 Å². The SMILES string of the molecule is C=C1COC(C2=Nc3nccnc3C2)C(=O)N1. The van der Waals surface area contributed by atoms with Crippen LogP contribution in [0.15, 0.2) is 29.7 Å². The molecule has 1 unspecified atom stereocenters. The molecule has 0 aromatic carbocycles. The first-order valence-corrected chi connectivity index (χ1v) is 5.21. The number of hydrogen-bond donors (Lipinski definition) is 1. The van der Waals surface area contributed by atoms with Gasteiger partial charge in [-0.05, 0) is 0 Å². The van der Waals surface area contributed by atoms with Crippen LogP contribution in [0.5, 0.6) is 0 Å². The Balaban J connectivity index is 1.84. The highest BCUT2D eigenvalue weighted by molar-refractivity contribution is 6.11. The van der Waals surface area contributed by atoms with Crippen LogP contribution in [-0.4, -0.2) is 34.3 Å². The molecule has 2 aliphatic heterocycles. The lowest BCUT2D eigenvalue weighted by atomic mass is 10.1. The minimum Gasteiger partial charge on any atom is -0.356 e. The van der Waals surface area contributed by atoms with Crippen molar-refractivity contribution < 1.29 is 9.53 Å². The molecule has 2 aliphatic rings. The molecule has 6 nitrogen and oxygen atoms in total. The topological polar surface area (TPSA) is 76.5 Å². The van der Waals surface area contributed by atoms with Crippen molar-refractivity contribution in [2.75, 3.05) is 6.61 Å². The zero-order valence-electron chi connectivity index (χ0n) is 9.01. The van der Waals surface area contributed by atoms with Gasteiger partial charge in [0.1, 0.15) is 0 Å². The van der Waals surface area contributed by atoms with Crippen LogP contribution < -0.4 is 5.32 Å². The number of aliphatic imine (C=N–C) groups is 1. The van der Waals surface area contributed by atoms with Crippen LogP contribution in [0, 0.1) is 0 Å². The lowest BCUT2D eigenvalue weighted by Crippen LogP contribution is -2.47. The number of nitrogens with one attached hydrogen (secondary N) is 1. The van der Waals surface area contributed by atoms with Crippen molar-refractivity contribution in [3.05, 3.63) is 30.4 Å². The first-order chi connectivity index (χ1) is 8.24. The second kappa shape index (κ2) is 3.74. The van der Waals surface area contributed by atoms with Crippen LogP contribution in [-0.2, 0) is 16.0 Å². The summed E-state index contributed by atoms with van der Waals surface area (Å²) in [5, 5.41) is 2.65. The number of carbonyl (C=O) groups is 1. The molecule has 1 fully saturated rings. The van der Waals surface area contributed by atoms with Crippen LogP contribution in [0.1, 0.15) is 5.69 Å². The summed E-state index contributed by atoms with van der Waals surface area (Å²) in [6.07, 6.45) is 3.04. The van der Waals surface area contributed by atoms with Crippen LogP contribution >= 0.6 is 0 Å². The molecule has 1 atom stereocenters. The van der Waals surface area contributed by atoms with Crippen molar-refractivity contribution in [2.24, 2.45) is 4.99 Å². The molecule has 17 heavy (non-hydrogen) atoms. The molecule has 0 saturated carbocycles. The van der Waals surface area contributed by atoms with Gasteiger partial charge >= 0.3 is 0 Å². The fourth-order valence-electron chi connectivity index (χ4n) is 1.86. The lowest BCUT2D eigenvalue weighted by molar-refractivity contribution is -0.130. The smallest absolute Gasteiger partial charge is 0.259 e. The van der Waals surface area contributed by atoms with Gasteiger partial charge in [-0.1, -0.05) is 6.58 Å². The Hall–Kier alpha value is -2.08. The zero-order valence-corrected chi connectivity index (χ0v) is 9.01. The van der Waals surface area contributed by atoms with Gasteiger partial charge in [0.2, 0.25) is 0 Å². The standard InChI is InChI=1S/C11H10N4O2/c1-6-5-17-9(11(16)14-6)7-4-8-10(15-7)13-3-2-12-8/h2-3,9H,1,4-5H2,(H,14,16). The highest BCUT2D eigenvalue weighted by Crippen LogP contribution is 2.24. The number of morpholine rings is 1. The molecular formula is C11H10N4O2. The van der Waals surface area contributed by atoms with Crippen molar-refractivity contribution in [3.63, 3.8) is 0 Å². The number of amides is 1. The molecule has 0 aliphatic carbocycles. The van der Waals surface area contributed by atoms with Gasteiger partial charge in [-0.3, -0.25) is 9.78 Å². The molecule has 3 heterocycles. The summed E-state index contributed by atoms with van der Waals surface area (Å²) in [6.45, 7) is 3.96. The van der Waals surface area contributed by atoms with Gasteiger partial charge < -0.3 is 10.1 Å². The van der Waals surface area contributed by atoms with Crippen LogP contribution in [0.2, 0.25) is 0 Å². The van der Waals surface area contributed by atoms with Gasteiger partial charge in [-0.25, -0.2) is 9.98 Å². The van der Waals surface area contributed by atoms with E-state index in [1.165, 1.54) is 0 Å². The Morgan fingerprint density at radius 1 is 1.41 bits per heavy atom. The summed E-state index contributed by atoms with van der Waals surface area (Å²) >= 11 is 0. The maximum absolute atomic E-state index is 11.7. The van der Waals surface area contributed by atoms with E-state index in [-0.39, 0.29) is 5.91 Å². The summed E-state index contributed by atoms with van der Waals surface area (Å²) in [5.74, 6) is 0.344. The first-order valence-electron chi connectivity index (χ1n) is 5.21. The summed E-state index contributed by atoms with van der Waals surface area (Å²) < 4.78 is 5.42. The summed E-state index contributed by atoms with van der Waals surface area (Å²) in [6, 6.07) is 0. The Morgan fingerprint density at radius 3 is 3.00 bits per heavy atom. The highest BCUT2D eigenvalue weighted by Gasteiger charge is 2.33. The first kappa shape index (κ1) is 10.1. The average molecular weight is 230 g/mol. The molecule has 86 valence electrons. The molecule has 1 amide bonds. The minimum absolute atomic E-state index is 0.229. The quantitative estimate of drug-likeness (QED) is 0.744. The average Bonchev–Trinajstić information content (AvgIpc) is 2.72.